The molecule has 1 N–H and O–H groups in total. The Hall–Kier alpha value is -2.20. The van der Waals surface area contributed by atoms with E-state index in [-0.39, 0.29) is 5.91 Å². The third-order valence-electron chi connectivity index (χ3n) is 4.77. The second-order valence-corrected chi connectivity index (χ2v) is 7.59. The van der Waals surface area contributed by atoms with Gasteiger partial charge in [0.1, 0.15) is 0 Å². The molecule has 1 unspecified atom stereocenters. The fourth-order valence-electron chi connectivity index (χ4n) is 3.32. The number of anilines is 1. The van der Waals surface area contributed by atoms with E-state index in [4.69, 9.17) is 0 Å². The molecule has 3 aromatic rings. The molecule has 1 atom stereocenters. The highest BCUT2D eigenvalue weighted by Crippen LogP contribution is 2.24. The molecular formula is C22H26N2OS. The van der Waals surface area contributed by atoms with E-state index in [2.05, 4.69) is 34.1 Å². The third kappa shape index (κ3) is 5.15. The van der Waals surface area contributed by atoms with Crippen molar-refractivity contribution in [2.75, 3.05) is 5.32 Å². The predicted octanol–water partition coefficient (Wildman–Crippen LogP) is 6.06. The lowest BCUT2D eigenvalue weighted by molar-refractivity contribution is -0.117. The minimum Gasteiger partial charge on any atom is -0.324 e. The first-order chi connectivity index (χ1) is 12.8. The van der Waals surface area contributed by atoms with Gasteiger partial charge >= 0.3 is 0 Å². The number of unbranched alkanes of at least 4 members (excludes halogenated alkanes) is 1. The lowest BCUT2D eigenvalue weighted by atomic mass is 9.92. The topological polar surface area (TPSA) is 42.0 Å². The van der Waals surface area contributed by atoms with Crippen LogP contribution in [0.1, 0.15) is 44.6 Å². The molecule has 0 aliphatic carbocycles. The van der Waals surface area contributed by atoms with E-state index in [0.29, 0.717) is 12.3 Å². The molecule has 0 saturated carbocycles. The van der Waals surface area contributed by atoms with Crippen LogP contribution in [0.2, 0.25) is 0 Å². The van der Waals surface area contributed by atoms with Crippen molar-refractivity contribution in [1.82, 2.24) is 4.98 Å². The summed E-state index contributed by atoms with van der Waals surface area (Å²) in [5.74, 6) is 0.521. The molecule has 0 spiro atoms. The molecule has 0 fully saturated rings. The molecule has 0 aliphatic rings. The van der Waals surface area contributed by atoms with Gasteiger partial charge in [-0.05, 0) is 59.7 Å². The second-order valence-electron chi connectivity index (χ2n) is 6.81. The molecule has 3 rings (SSSR count). The van der Waals surface area contributed by atoms with Crippen molar-refractivity contribution in [1.29, 1.82) is 0 Å². The number of nitrogens with one attached hydrogen (secondary N) is 1. The fraction of sp³-hybridized carbons (Fsp3) is 0.364. The predicted molar refractivity (Wildman–Crippen MR) is 111 cm³/mol. The Bertz CT molecular complexity index is 824. The number of aromatic nitrogens is 1. The summed E-state index contributed by atoms with van der Waals surface area (Å²) in [4.78, 5) is 17.1. The monoisotopic (exact) mass is 366 g/mol. The Labute approximate surface area is 159 Å². The van der Waals surface area contributed by atoms with Gasteiger partial charge in [0.15, 0.2) is 0 Å². The van der Waals surface area contributed by atoms with Crippen molar-refractivity contribution in [2.24, 2.45) is 5.92 Å². The number of benzene rings is 1. The number of carbonyl (C=O) groups excluding carboxylic acids is 1. The quantitative estimate of drug-likeness (QED) is 0.500. The van der Waals surface area contributed by atoms with E-state index in [0.717, 1.165) is 35.9 Å². The molecule has 1 amide bonds. The standard InChI is InChI=1S/C22H26N2OS/c1-2-3-6-17(10-11-18-12-14-26-16-18)15-21(25)24-20-9-4-7-19-8-5-13-23-22(19)20/h4-5,7-9,12-14,16-17H,2-3,6,10-11,15H2,1H3,(H,24,25). The summed E-state index contributed by atoms with van der Waals surface area (Å²) in [6.07, 6.45) is 7.93. The van der Waals surface area contributed by atoms with Crippen LogP contribution in [0.25, 0.3) is 10.9 Å². The second kappa shape index (κ2) is 9.48. The third-order valence-corrected chi connectivity index (χ3v) is 5.50. The number of thiophene rings is 1. The van der Waals surface area contributed by atoms with E-state index >= 15 is 0 Å². The van der Waals surface area contributed by atoms with Crippen LogP contribution in [-0.2, 0) is 11.2 Å². The summed E-state index contributed by atoms with van der Waals surface area (Å²) >= 11 is 1.74. The van der Waals surface area contributed by atoms with Crippen LogP contribution in [0.15, 0.2) is 53.4 Å². The van der Waals surface area contributed by atoms with Gasteiger partial charge < -0.3 is 5.32 Å². The number of fused-ring (bicyclic) bond motifs is 1. The van der Waals surface area contributed by atoms with Crippen molar-refractivity contribution in [3.8, 4) is 0 Å². The van der Waals surface area contributed by atoms with Gasteiger partial charge in [0.2, 0.25) is 5.91 Å². The van der Waals surface area contributed by atoms with Gasteiger partial charge in [0.05, 0.1) is 11.2 Å². The van der Waals surface area contributed by atoms with E-state index in [9.17, 15) is 4.79 Å². The van der Waals surface area contributed by atoms with Gasteiger partial charge in [-0.2, -0.15) is 11.3 Å². The van der Waals surface area contributed by atoms with Gasteiger partial charge in [-0.3, -0.25) is 9.78 Å². The lowest BCUT2D eigenvalue weighted by Gasteiger charge is -2.16. The van der Waals surface area contributed by atoms with Crippen molar-refractivity contribution in [3.63, 3.8) is 0 Å². The van der Waals surface area contributed by atoms with Crippen LogP contribution in [-0.4, -0.2) is 10.9 Å². The summed E-state index contributed by atoms with van der Waals surface area (Å²) in [6, 6.07) is 12.0. The largest absolute Gasteiger partial charge is 0.324 e. The van der Waals surface area contributed by atoms with Crippen LogP contribution < -0.4 is 5.32 Å². The SMILES string of the molecule is CCCCC(CCc1ccsc1)CC(=O)Nc1cccc2cccnc12. The number of hydrogen-bond donors (Lipinski definition) is 1. The molecule has 3 nitrogen and oxygen atoms in total. The summed E-state index contributed by atoms with van der Waals surface area (Å²) < 4.78 is 0. The Kier molecular flexibility index (Phi) is 6.78. The summed E-state index contributed by atoms with van der Waals surface area (Å²) in [6.45, 7) is 2.21. The normalized spacial score (nSPS) is 12.2. The number of amides is 1. The van der Waals surface area contributed by atoms with E-state index in [1.807, 2.05) is 30.3 Å². The van der Waals surface area contributed by atoms with Gasteiger partial charge in [0, 0.05) is 18.0 Å². The average molecular weight is 367 g/mol. The molecule has 1 aromatic carbocycles. The first kappa shape index (κ1) is 18.6. The number of rotatable bonds is 9. The van der Waals surface area contributed by atoms with Crippen LogP contribution in [0, 0.1) is 5.92 Å². The van der Waals surface area contributed by atoms with Crippen molar-refractivity contribution >= 4 is 33.8 Å². The number of para-hydroxylation sites is 1. The fourth-order valence-corrected chi connectivity index (χ4v) is 4.02. The molecule has 0 aliphatic heterocycles. The first-order valence-electron chi connectivity index (χ1n) is 9.41. The highest BCUT2D eigenvalue weighted by atomic mass is 32.1. The van der Waals surface area contributed by atoms with Gasteiger partial charge in [0.25, 0.3) is 0 Å². The molecule has 136 valence electrons. The van der Waals surface area contributed by atoms with Gasteiger partial charge in [-0.25, -0.2) is 0 Å². The summed E-state index contributed by atoms with van der Waals surface area (Å²) in [7, 11) is 0. The molecule has 4 heteroatoms. The minimum atomic E-state index is 0.0922. The highest BCUT2D eigenvalue weighted by Gasteiger charge is 2.15. The molecule has 0 bridgehead atoms. The molecule has 0 saturated heterocycles. The van der Waals surface area contributed by atoms with Crippen LogP contribution in [0.4, 0.5) is 5.69 Å². The van der Waals surface area contributed by atoms with Crippen LogP contribution in [0.5, 0.6) is 0 Å². The van der Waals surface area contributed by atoms with Gasteiger partial charge in [-0.15, -0.1) is 0 Å². The Morgan fingerprint density at radius 3 is 2.88 bits per heavy atom. The smallest absolute Gasteiger partial charge is 0.224 e. The van der Waals surface area contributed by atoms with Crippen LogP contribution >= 0.6 is 11.3 Å². The zero-order valence-corrected chi connectivity index (χ0v) is 16.1. The van der Waals surface area contributed by atoms with E-state index < -0.39 is 0 Å². The lowest BCUT2D eigenvalue weighted by Crippen LogP contribution is -2.17. The van der Waals surface area contributed by atoms with Crippen molar-refractivity contribution < 1.29 is 4.79 Å². The number of pyridine rings is 1. The average Bonchev–Trinajstić information content (AvgIpc) is 3.18. The number of aryl methyl sites for hydroxylation is 1. The maximum absolute atomic E-state index is 12.7. The Morgan fingerprint density at radius 1 is 1.19 bits per heavy atom. The minimum absolute atomic E-state index is 0.0922. The first-order valence-corrected chi connectivity index (χ1v) is 10.3. The van der Waals surface area contributed by atoms with E-state index in [1.165, 1.54) is 18.4 Å². The Balaban J connectivity index is 1.62. The molecule has 2 aromatic heterocycles. The molecule has 26 heavy (non-hydrogen) atoms. The number of carbonyl (C=O) groups is 1. The highest BCUT2D eigenvalue weighted by molar-refractivity contribution is 7.07. The zero-order chi connectivity index (χ0) is 18.2. The summed E-state index contributed by atoms with van der Waals surface area (Å²) in [5.41, 5.74) is 3.04. The molecule has 2 heterocycles. The van der Waals surface area contributed by atoms with Crippen molar-refractivity contribution in [2.45, 2.75) is 45.4 Å². The maximum Gasteiger partial charge on any atom is 0.224 e. The molecular weight excluding hydrogens is 340 g/mol. The maximum atomic E-state index is 12.7. The molecule has 0 radical (unpaired) electrons. The Morgan fingerprint density at radius 2 is 2.08 bits per heavy atom. The van der Waals surface area contributed by atoms with E-state index in [1.54, 1.807) is 17.5 Å². The van der Waals surface area contributed by atoms with Gasteiger partial charge in [-0.1, -0.05) is 38.0 Å². The van der Waals surface area contributed by atoms with Crippen molar-refractivity contribution in [3.05, 3.63) is 58.9 Å². The number of hydrogen-bond acceptors (Lipinski definition) is 3. The van der Waals surface area contributed by atoms with Crippen LogP contribution in [0.3, 0.4) is 0 Å². The zero-order valence-electron chi connectivity index (χ0n) is 15.3. The summed E-state index contributed by atoms with van der Waals surface area (Å²) in [5, 5.41) is 8.46. The number of nitrogens with zero attached hydrogens (tertiary/aromatic N) is 1.